The molecule has 8 heteroatoms. The van der Waals surface area contributed by atoms with Crippen molar-refractivity contribution >= 4 is 21.6 Å². The van der Waals surface area contributed by atoms with Crippen molar-refractivity contribution in [1.29, 1.82) is 0 Å². The van der Waals surface area contributed by atoms with Crippen LogP contribution in [0.2, 0.25) is 0 Å². The first-order valence-electron chi connectivity index (χ1n) is 11.1. The molecule has 0 spiro atoms. The molecule has 0 saturated heterocycles. The molecular weight excluding hydrogens is 450 g/mol. The van der Waals surface area contributed by atoms with Gasteiger partial charge in [0.25, 0.3) is 0 Å². The highest BCUT2D eigenvalue weighted by Gasteiger charge is 2.23. The molecule has 34 heavy (non-hydrogen) atoms. The average molecular weight is 480 g/mol. The number of methoxy groups -OCH3 is 1. The van der Waals surface area contributed by atoms with Crippen LogP contribution in [0.1, 0.15) is 35.2 Å². The minimum Gasteiger partial charge on any atom is -0.495 e. The summed E-state index contributed by atoms with van der Waals surface area (Å²) in [6.07, 6.45) is 0. The zero-order valence-corrected chi connectivity index (χ0v) is 20.4. The maximum atomic E-state index is 13.2. The maximum absolute atomic E-state index is 13.2. The Morgan fingerprint density at radius 3 is 2.50 bits per heavy atom. The molecule has 0 fully saturated rings. The minimum atomic E-state index is -3.65. The largest absolute Gasteiger partial charge is 0.495 e. The first-order valence-corrected chi connectivity index (χ1v) is 12.7. The number of hydrogen-bond donors (Lipinski definition) is 2. The van der Waals surface area contributed by atoms with Crippen LogP contribution in [-0.2, 0) is 28.7 Å². The van der Waals surface area contributed by atoms with Crippen LogP contribution in [0, 0.1) is 0 Å². The summed E-state index contributed by atoms with van der Waals surface area (Å²) < 4.78 is 31.8. The topological polar surface area (TPSA) is 87.7 Å². The maximum Gasteiger partial charge on any atom is 0.319 e. The second-order valence-electron chi connectivity index (χ2n) is 8.63. The quantitative estimate of drug-likeness (QED) is 0.521. The van der Waals surface area contributed by atoms with Crippen LogP contribution in [0.15, 0.2) is 71.6 Å². The van der Waals surface area contributed by atoms with Crippen molar-refractivity contribution in [3.63, 3.8) is 0 Å². The van der Waals surface area contributed by atoms with Gasteiger partial charge in [-0.1, -0.05) is 48.5 Å². The normalized spacial score (nSPS) is 14.3. The standard InChI is InChI=1S/C26H29N3O4S/c1-18(20-7-5-4-6-8-20)27-26(30)28-23-11-12-25(24(14-23)33-3)34(31,32)17-19-9-10-21-15-29(2)16-22(21)13-19/h4-14,18H,15-17H2,1-3H3,(H2,27,28,30). The SMILES string of the molecule is COc1cc(NC(=O)NC(C)c2ccccc2)ccc1S(=O)(=O)Cc1ccc2c(c1)CN(C)C2. The predicted molar refractivity (Wildman–Crippen MR) is 133 cm³/mol. The highest BCUT2D eigenvalue weighted by molar-refractivity contribution is 7.90. The van der Waals surface area contributed by atoms with E-state index in [1.165, 1.54) is 24.8 Å². The van der Waals surface area contributed by atoms with Crippen LogP contribution in [0.25, 0.3) is 0 Å². The van der Waals surface area contributed by atoms with Gasteiger partial charge in [-0.3, -0.25) is 4.90 Å². The molecule has 7 nitrogen and oxygen atoms in total. The summed E-state index contributed by atoms with van der Waals surface area (Å²) in [6, 6.07) is 19.5. The van der Waals surface area contributed by atoms with Crippen molar-refractivity contribution in [2.45, 2.75) is 36.7 Å². The lowest BCUT2D eigenvalue weighted by Crippen LogP contribution is -2.31. The average Bonchev–Trinajstić information content (AvgIpc) is 3.18. The molecule has 0 aromatic heterocycles. The van der Waals surface area contributed by atoms with Gasteiger partial charge in [-0.15, -0.1) is 0 Å². The summed E-state index contributed by atoms with van der Waals surface area (Å²) in [6.45, 7) is 3.59. The van der Waals surface area contributed by atoms with E-state index in [0.29, 0.717) is 5.69 Å². The van der Waals surface area contributed by atoms with Crippen LogP contribution in [0.5, 0.6) is 5.75 Å². The van der Waals surface area contributed by atoms with Gasteiger partial charge >= 0.3 is 6.03 Å². The fourth-order valence-electron chi connectivity index (χ4n) is 4.20. The van der Waals surface area contributed by atoms with Gasteiger partial charge in [-0.05, 0) is 48.4 Å². The number of carbonyl (C=O) groups is 1. The zero-order chi connectivity index (χ0) is 24.3. The molecule has 2 N–H and O–H groups in total. The number of urea groups is 1. The molecule has 0 saturated carbocycles. The number of fused-ring (bicyclic) bond motifs is 1. The van der Waals surface area contributed by atoms with E-state index in [4.69, 9.17) is 4.74 Å². The summed E-state index contributed by atoms with van der Waals surface area (Å²) in [5.74, 6) is 0.0668. The summed E-state index contributed by atoms with van der Waals surface area (Å²) in [7, 11) is -0.196. The third-order valence-corrected chi connectivity index (χ3v) is 7.63. The van der Waals surface area contributed by atoms with Gasteiger partial charge in [0.2, 0.25) is 0 Å². The lowest BCUT2D eigenvalue weighted by atomic mass is 10.1. The molecule has 1 unspecified atom stereocenters. The summed E-state index contributed by atoms with van der Waals surface area (Å²) >= 11 is 0. The van der Waals surface area contributed by atoms with E-state index in [9.17, 15) is 13.2 Å². The molecule has 4 rings (SSSR count). The third-order valence-electron chi connectivity index (χ3n) is 5.91. The molecule has 2 amide bonds. The van der Waals surface area contributed by atoms with Crippen molar-refractivity contribution in [1.82, 2.24) is 10.2 Å². The number of nitrogens with zero attached hydrogens (tertiary/aromatic N) is 1. The molecule has 0 bridgehead atoms. The molecule has 3 aromatic rings. The number of sulfone groups is 1. The Bertz CT molecular complexity index is 1290. The lowest BCUT2D eigenvalue weighted by Gasteiger charge is -2.16. The van der Waals surface area contributed by atoms with Crippen LogP contribution in [0.4, 0.5) is 10.5 Å². The van der Waals surface area contributed by atoms with Crippen LogP contribution >= 0.6 is 0 Å². The number of carbonyl (C=O) groups excluding carboxylic acids is 1. The molecule has 0 aliphatic carbocycles. The molecule has 0 radical (unpaired) electrons. The van der Waals surface area contributed by atoms with Crippen molar-refractivity contribution in [2.75, 3.05) is 19.5 Å². The molecule has 3 aromatic carbocycles. The number of benzene rings is 3. The fraction of sp³-hybridized carbons (Fsp3) is 0.269. The molecule has 178 valence electrons. The van der Waals surface area contributed by atoms with E-state index in [-0.39, 0.29) is 22.4 Å². The third kappa shape index (κ3) is 5.40. The van der Waals surface area contributed by atoms with E-state index in [2.05, 4.69) is 15.5 Å². The Kier molecular flexibility index (Phi) is 6.90. The number of anilines is 1. The smallest absolute Gasteiger partial charge is 0.319 e. The molecule has 1 atom stereocenters. The Hall–Kier alpha value is -3.36. The van der Waals surface area contributed by atoms with Crippen molar-refractivity contribution < 1.29 is 17.9 Å². The van der Waals surface area contributed by atoms with Gasteiger partial charge < -0.3 is 15.4 Å². The Morgan fingerprint density at radius 2 is 1.76 bits per heavy atom. The molecular formula is C26H29N3O4S. The minimum absolute atomic E-state index is 0.0937. The molecule has 1 aliphatic rings. The van der Waals surface area contributed by atoms with Gasteiger partial charge in [0.1, 0.15) is 10.6 Å². The number of ether oxygens (including phenoxy) is 1. The van der Waals surface area contributed by atoms with E-state index < -0.39 is 15.9 Å². The van der Waals surface area contributed by atoms with Gasteiger partial charge in [0.15, 0.2) is 9.84 Å². The van der Waals surface area contributed by atoms with Gasteiger partial charge in [-0.2, -0.15) is 0 Å². The van der Waals surface area contributed by atoms with Crippen LogP contribution in [0.3, 0.4) is 0 Å². The molecule has 1 heterocycles. The zero-order valence-electron chi connectivity index (χ0n) is 19.5. The number of hydrogen-bond acceptors (Lipinski definition) is 5. The van der Waals surface area contributed by atoms with E-state index in [1.54, 1.807) is 6.07 Å². The van der Waals surface area contributed by atoms with E-state index in [0.717, 1.165) is 29.8 Å². The van der Waals surface area contributed by atoms with E-state index >= 15 is 0 Å². The Labute approximate surface area is 200 Å². The van der Waals surface area contributed by atoms with Gasteiger partial charge in [-0.25, -0.2) is 13.2 Å². The Morgan fingerprint density at radius 1 is 1.03 bits per heavy atom. The van der Waals surface area contributed by atoms with Gasteiger partial charge in [0.05, 0.1) is 18.9 Å². The Balaban J connectivity index is 1.47. The lowest BCUT2D eigenvalue weighted by molar-refractivity contribution is 0.249. The molecule has 1 aliphatic heterocycles. The second-order valence-corrected chi connectivity index (χ2v) is 10.6. The summed E-state index contributed by atoms with van der Waals surface area (Å²) in [5, 5.41) is 5.62. The van der Waals surface area contributed by atoms with Crippen molar-refractivity contribution in [3.05, 3.63) is 89.0 Å². The van der Waals surface area contributed by atoms with E-state index in [1.807, 2.05) is 62.5 Å². The summed E-state index contributed by atoms with van der Waals surface area (Å²) in [4.78, 5) is 14.7. The first kappa shape index (κ1) is 23.8. The fourth-order valence-corrected chi connectivity index (χ4v) is 5.69. The predicted octanol–water partition coefficient (Wildman–Crippen LogP) is 4.50. The highest BCUT2D eigenvalue weighted by Crippen LogP contribution is 2.31. The number of amides is 2. The highest BCUT2D eigenvalue weighted by atomic mass is 32.2. The number of rotatable bonds is 7. The summed E-state index contributed by atoms with van der Waals surface area (Å²) in [5.41, 5.74) is 4.56. The first-order chi connectivity index (χ1) is 16.2. The van der Waals surface area contributed by atoms with Gasteiger partial charge in [0, 0.05) is 24.8 Å². The monoisotopic (exact) mass is 479 g/mol. The van der Waals surface area contributed by atoms with Crippen LogP contribution < -0.4 is 15.4 Å². The van der Waals surface area contributed by atoms with Crippen LogP contribution in [-0.4, -0.2) is 33.5 Å². The van der Waals surface area contributed by atoms with Crippen molar-refractivity contribution in [3.8, 4) is 5.75 Å². The number of nitrogens with one attached hydrogen (secondary N) is 2. The second kappa shape index (κ2) is 9.87. The van der Waals surface area contributed by atoms with Crippen molar-refractivity contribution in [2.24, 2.45) is 0 Å².